The van der Waals surface area contributed by atoms with E-state index in [1.807, 2.05) is 42.7 Å². The summed E-state index contributed by atoms with van der Waals surface area (Å²) in [6.45, 7) is 5.31. The number of amides is 1. The molecule has 1 saturated heterocycles. The van der Waals surface area contributed by atoms with E-state index >= 15 is 0 Å². The molecule has 8 heteroatoms. The number of hydrogen-bond donors (Lipinski definition) is 0. The lowest BCUT2D eigenvalue weighted by molar-refractivity contribution is 0.0997. The molecule has 0 N–H and O–H groups in total. The average molecular weight is 458 g/mol. The largest absolute Gasteiger partial charge is 0.317 e. The van der Waals surface area contributed by atoms with Gasteiger partial charge in [-0.1, -0.05) is 36.8 Å². The van der Waals surface area contributed by atoms with Gasteiger partial charge in [-0.15, -0.1) is 0 Å². The zero-order valence-corrected chi connectivity index (χ0v) is 19.5. The molecular weight excluding hydrogens is 430 g/mol. The van der Waals surface area contributed by atoms with Crippen molar-refractivity contribution >= 4 is 37.5 Å². The van der Waals surface area contributed by atoms with E-state index in [1.165, 1.54) is 23.5 Å². The Morgan fingerprint density at radius 1 is 1.10 bits per heavy atom. The summed E-state index contributed by atoms with van der Waals surface area (Å²) < 4.78 is 31.0. The van der Waals surface area contributed by atoms with Crippen molar-refractivity contribution in [2.24, 2.45) is 4.99 Å². The molecule has 1 aromatic heterocycles. The molecule has 6 nitrogen and oxygen atoms in total. The number of rotatable bonds is 5. The number of aromatic nitrogens is 1. The quantitative estimate of drug-likeness (QED) is 0.569. The van der Waals surface area contributed by atoms with Gasteiger partial charge in [0.1, 0.15) is 0 Å². The molecule has 2 heterocycles. The topological polar surface area (TPSA) is 71.7 Å². The molecule has 0 aliphatic carbocycles. The van der Waals surface area contributed by atoms with Crippen molar-refractivity contribution in [3.8, 4) is 0 Å². The number of carbonyl (C=O) groups is 1. The van der Waals surface area contributed by atoms with Crippen LogP contribution in [0.15, 0.2) is 58.4 Å². The minimum atomic E-state index is -3.56. The monoisotopic (exact) mass is 457 g/mol. The lowest BCUT2D eigenvalue weighted by Crippen LogP contribution is -2.43. The summed E-state index contributed by atoms with van der Waals surface area (Å²) in [7, 11) is -3.56. The third-order valence-electron chi connectivity index (χ3n) is 5.85. The van der Waals surface area contributed by atoms with E-state index in [4.69, 9.17) is 0 Å². The van der Waals surface area contributed by atoms with Gasteiger partial charge in [0.2, 0.25) is 10.0 Å². The molecule has 1 aliphatic heterocycles. The number of benzene rings is 2. The maximum atomic E-state index is 13.1. The van der Waals surface area contributed by atoms with Crippen LogP contribution in [0.1, 0.15) is 49.9 Å². The molecular formula is C23H27N3O3S2. The number of sulfonamides is 1. The van der Waals surface area contributed by atoms with Crippen LogP contribution in [0, 0.1) is 0 Å². The molecule has 3 aromatic rings. The summed E-state index contributed by atoms with van der Waals surface area (Å²) >= 11 is 1.47. The summed E-state index contributed by atoms with van der Waals surface area (Å²) in [6.07, 6.45) is 3.66. The molecule has 0 saturated carbocycles. The van der Waals surface area contributed by atoms with Gasteiger partial charge in [0.05, 0.1) is 15.1 Å². The molecule has 2 aromatic carbocycles. The zero-order chi connectivity index (χ0) is 22.0. The van der Waals surface area contributed by atoms with E-state index in [9.17, 15) is 13.2 Å². The van der Waals surface area contributed by atoms with Gasteiger partial charge in [0.25, 0.3) is 5.91 Å². The van der Waals surface area contributed by atoms with Crippen LogP contribution in [0.5, 0.6) is 0 Å². The van der Waals surface area contributed by atoms with Gasteiger partial charge in [0.15, 0.2) is 4.80 Å². The third kappa shape index (κ3) is 4.24. The molecule has 1 atom stereocenters. The van der Waals surface area contributed by atoms with Crippen molar-refractivity contribution in [3.63, 3.8) is 0 Å². The fraction of sp³-hybridized carbons (Fsp3) is 0.391. The first-order valence-corrected chi connectivity index (χ1v) is 13.0. The Kier molecular flexibility index (Phi) is 6.41. The van der Waals surface area contributed by atoms with Crippen molar-refractivity contribution in [1.82, 2.24) is 8.87 Å². The number of aryl methyl sites for hydroxylation is 1. The molecule has 31 heavy (non-hydrogen) atoms. The van der Waals surface area contributed by atoms with Crippen LogP contribution in [0.25, 0.3) is 10.2 Å². The maximum Gasteiger partial charge on any atom is 0.279 e. The Morgan fingerprint density at radius 3 is 2.55 bits per heavy atom. The van der Waals surface area contributed by atoms with Crippen LogP contribution in [0.2, 0.25) is 0 Å². The van der Waals surface area contributed by atoms with E-state index in [0.717, 1.165) is 35.9 Å². The first-order valence-electron chi connectivity index (χ1n) is 10.7. The number of nitrogens with zero attached hydrogens (tertiary/aromatic N) is 3. The number of thiazole rings is 1. The van der Waals surface area contributed by atoms with Gasteiger partial charge >= 0.3 is 0 Å². The van der Waals surface area contributed by atoms with Gasteiger partial charge in [-0.2, -0.15) is 9.30 Å². The summed E-state index contributed by atoms with van der Waals surface area (Å²) in [5.41, 5.74) is 1.43. The van der Waals surface area contributed by atoms with Gasteiger partial charge in [-0.25, -0.2) is 8.42 Å². The highest BCUT2D eigenvalue weighted by molar-refractivity contribution is 7.89. The lowest BCUT2D eigenvalue weighted by Gasteiger charge is -2.34. The van der Waals surface area contributed by atoms with Crippen LogP contribution >= 0.6 is 11.3 Å². The Labute approximate surface area is 186 Å². The SMILES string of the molecule is CCC1CCCCN1S(=O)(=O)c1ccc(C(=O)N=c2sc3ccccc3n2CC)cc1. The molecule has 4 rings (SSSR count). The molecule has 164 valence electrons. The Bertz CT molecular complexity index is 1260. The van der Waals surface area contributed by atoms with E-state index < -0.39 is 10.0 Å². The standard InChI is InChI=1S/C23H27N3O3S2/c1-3-18-9-7-8-16-26(18)31(28,29)19-14-12-17(13-15-19)22(27)24-23-25(4-2)20-10-5-6-11-21(20)30-23/h5-6,10-15,18H,3-4,7-9,16H2,1-2H3. The van der Waals surface area contributed by atoms with E-state index in [2.05, 4.69) is 4.99 Å². The van der Waals surface area contributed by atoms with Crippen LogP contribution in [0.4, 0.5) is 0 Å². The average Bonchev–Trinajstić information content (AvgIpc) is 3.15. The highest BCUT2D eigenvalue weighted by Crippen LogP contribution is 2.27. The van der Waals surface area contributed by atoms with Gasteiger partial charge < -0.3 is 4.57 Å². The molecule has 0 bridgehead atoms. The second-order valence-corrected chi connectivity index (χ2v) is 10.6. The summed E-state index contributed by atoms with van der Waals surface area (Å²) in [5.74, 6) is -0.373. The van der Waals surface area contributed by atoms with Crippen LogP contribution in [-0.2, 0) is 16.6 Å². The number of para-hydroxylation sites is 1. The predicted molar refractivity (Wildman–Crippen MR) is 124 cm³/mol. The van der Waals surface area contributed by atoms with Gasteiger partial charge in [-0.05, 0) is 62.6 Å². The number of carbonyl (C=O) groups excluding carboxylic acids is 1. The molecule has 1 unspecified atom stereocenters. The third-order valence-corrected chi connectivity index (χ3v) is 8.88. The minimum absolute atomic E-state index is 0.0486. The lowest BCUT2D eigenvalue weighted by atomic mass is 10.0. The fourth-order valence-corrected chi connectivity index (χ4v) is 7.03. The molecule has 1 fully saturated rings. The van der Waals surface area contributed by atoms with Gasteiger partial charge in [0, 0.05) is 24.7 Å². The molecule has 1 amide bonds. The van der Waals surface area contributed by atoms with Crippen LogP contribution < -0.4 is 4.80 Å². The maximum absolute atomic E-state index is 13.1. The number of fused-ring (bicyclic) bond motifs is 1. The summed E-state index contributed by atoms with van der Waals surface area (Å²) in [6, 6.07) is 14.2. The highest BCUT2D eigenvalue weighted by Gasteiger charge is 2.32. The Balaban J connectivity index is 1.63. The summed E-state index contributed by atoms with van der Waals surface area (Å²) in [5, 5.41) is 0. The molecule has 0 spiro atoms. The van der Waals surface area contributed by atoms with E-state index in [0.29, 0.717) is 23.5 Å². The van der Waals surface area contributed by atoms with E-state index in [1.54, 1.807) is 16.4 Å². The van der Waals surface area contributed by atoms with Crippen molar-refractivity contribution in [1.29, 1.82) is 0 Å². The van der Waals surface area contributed by atoms with Crippen LogP contribution in [-0.4, -0.2) is 35.8 Å². The first-order chi connectivity index (χ1) is 15.0. The van der Waals surface area contributed by atoms with Crippen molar-refractivity contribution < 1.29 is 13.2 Å². The minimum Gasteiger partial charge on any atom is -0.317 e. The first kappa shape index (κ1) is 21.9. The van der Waals surface area contributed by atoms with Crippen molar-refractivity contribution in [2.45, 2.75) is 57.0 Å². The molecule has 1 aliphatic rings. The predicted octanol–water partition coefficient (Wildman–Crippen LogP) is 4.42. The zero-order valence-electron chi connectivity index (χ0n) is 17.8. The second kappa shape index (κ2) is 9.06. The summed E-state index contributed by atoms with van der Waals surface area (Å²) in [4.78, 5) is 18.0. The number of piperidine rings is 1. The van der Waals surface area contributed by atoms with Crippen LogP contribution in [0.3, 0.4) is 0 Å². The highest BCUT2D eigenvalue weighted by atomic mass is 32.2. The van der Waals surface area contributed by atoms with Gasteiger partial charge in [-0.3, -0.25) is 4.79 Å². The van der Waals surface area contributed by atoms with E-state index in [-0.39, 0.29) is 16.8 Å². The Hall–Kier alpha value is -2.29. The second-order valence-electron chi connectivity index (χ2n) is 7.71. The van der Waals surface area contributed by atoms with Crippen molar-refractivity contribution in [2.75, 3.05) is 6.54 Å². The molecule has 0 radical (unpaired) electrons. The normalized spacial score (nSPS) is 18.5. The fourth-order valence-electron chi connectivity index (χ4n) is 4.17. The number of hydrogen-bond acceptors (Lipinski definition) is 4. The Morgan fingerprint density at radius 2 is 1.84 bits per heavy atom. The van der Waals surface area contributed by atoms with Crippen molar-refractivity contribution in [3.05, 3.63) is 58.9 Å². The smallest absolute Gasteiger partial charge is 0.279 e.